The van der Waals surface area contributed by atoms with E-state index in [1.54, 1.807) is 13.8 Å². The van der Waals surface area contributed by atoms with Crippen LogP contribution in [0.15, 0.2) is 12.1 Å². The summed E-state index contributed by atoms with van der Waals surface area (Å²) in [5, 5.41) is 9.62. The summed E-state index contributed by atoms with van der Waals surface area (Å²) >= 11 is 0. The van der Waals surface area contributed by atoms with Gasteiger partial charge in [0.2, 0.25) is 0 Å². The maximum absolute atomic E-state index is 12.9. The van der Waals surface area contributed by atoms with Gasteiger partial charge in [-0.25, -0.2) is 4.79 Å². The molecule has 0 unspecified atom stereocenters. The maximum atomic E-state index is 12.9. The number of hydrogen-bond donors (Lipinski definition) is 1. The number of halogens is 3. The van der Waals surface area contributed by atoms with Crippen LogP contribution in [0, 0.1) is 5.92 Å². The monoisotopic (exact) mass is 292 g/mol. The standard InChI is InChI=1S/C13H15F3O4/c1-7(2)6-20-12(18)11-9(13(14,15)16)4-8(19-3)5-10(11)17/h4-5,7,17H,6H2,1-3H3. The molecule has 0 radical (unpaired) electrons. The average molecular weight is 292 g/mol. The zero-order valence-electron chi connectivity index (χ0n) is 11.2. The Hall–Kier alpha value is -1.92. The molecule has 1 N–H and O–H groups in total. The summed E-state index contributed by atoms with van der Waals surface area (Å²) in [6.45, 7) is 3.44. The van der Waals surface area contributed by atoms with Crippen molar-refractivity contribution in [2.75, 3.05) is 13.7 Å². The van der Waals surface area contributed by atoms with Crippen LogP contribution in [-0.4, -0.2) is 24.8 Å². The lowest BCUT2D eigenvalue weighted by Gasteiger charge is -2.15. The zero-order chi connectivity index (χ0) is 15.5. The molecule has 1 aromatic rings. The van der Waals surface area contributed by atoms with Crippen LogP contribution in [0.3, 0.4) is 0 Å². The number of carbonyl (C=O) groups is 1. The second-order valence-electron chi connectivity index (χ2n) is 4.56. The van der Waals surface area contributed by atoms with E-state index in [1.165, 1.54) is 0 Å². The molecule has 0 saturated carbocycles. The summed E-state index contributed by atoms with van der Waals surface area (Å²) in [4.78, 5) is 11.7. The molecular weight excluding hydrogens is 277 g/mol. The van der Waals surface area contributed by atoms with Crippen molar-refractivity contribution in [3.63, 3.8) is 0 Å². The van der Waals surface area contributed by atoms with Crippen molar-refractivity contribution in [1.29, 1.82) is 0 Å². The number of esters is 1. The van der Waals surface area contributed by atoms with Crippen molar-refractivity contribution in [2.24, 2.45) is 5.92 Å². The van der Waals surface area contributed by atoms with Crippen LogP contribution in [-0.2, 0) is 10.9 Å². The molecular formula is C13H15F3O4. The third-order valence-electron chi connectivity index (χ3n) is 2.38. The van der Waals surface area contributed by atoms with Gasteiger partial charge in [-0.3, -0.25) is 0 Å². The van der Waals surface area contributed by atoms with E-state index in [0.29, 0.717) is 6.07 Å². The minimum absolute atomic E-state index is 0.0336. The third kappa shape index (κ3) is 3.79. The second-order valence-corrected chi connectivity index (χ2v) is 4.56. The van der Waals surface area contributed by atoms with E-state index in [2.05, 4.69) is 4.74 Å². The predicted molar refractivity (Wildman–Crippen MR) is 64.8 cm³/mol. The first-order valence-electron chi connectivity index (χ1n) is 5.82. The van der Waals surface area contributed by atoms with Crippen molar-refractivity contribution in [3.05, 3.63) is 23.3 Å². The molecule has 0 atom stereocenters. The van der Waals surface area contributed by atoms with E-state index < -0.39 is 29.0 Å². The number of methoxy groups -OCH3 is 1. The van der Waals surface area contributed by atoms with Gasteiger partial charge in [-0.05, 0) is 12.0 Å². The minimum Gasteiger partial charge on any atom is -0.507 e. The van der Waals surface area contributed by atoms with Gasteiger partial charge >= 0.3 is 12.1 Å². The number of carbonyl (C=O) groups excluding carboxylic acids is 1. The number of ether oxygens (including phenoxy) is 2. The quantitative estimate of drug-likeness (QED) is 0.866. The summed E-state index contributed by atoms with van der Waals surface area (Å²) in [5.41, 5.74) is -2.19. The molecule has 0 spiro atoms. The first-order chi connectivity index (χ1) is 9.16. The van der Waals surface area contributed by atoms with Gasteiger partial charge in [0.15, 0.2) is 0 Å². The van der Waals surface area contributed by atoms with Crippen LogP contribution in [0.25, 0.3) is 0 Å². The largest absolute Gasteiger partial charge is 0.507 e. The smallest absolute Gasteiger partial charge is 0.417 e. The highest BCUT2D eigenvalue weighted by atomic mass is 19.4. The lowest BCUT2D eigenvalue weighted by Crippen LogP contribution is -2.17. The summed E-state index contributed by atoms with van der Waals surface area (Å²) in [6.07, 6.45) is -4.81. The molecule has 0 heterocycles. The molecule has 1 rings (SSSR count). The van der Waals surface area contributed by atoms with Crippen LogP contribution in [0.4, 0.5) is 13.2 Å². The van der Waals surface area contributed by atoms with Gasteiger partial charge in [0.05, 0.1) is 19.3 Å². The SMILES string of the molecule is COc1cc(O)c(C(=O)OCC(C)C)c(C(F)(F)F)c1. The molecule has 0 aliphatic rings. The Morgan fingerprint density at radius 3 is 2.40 bits per heavy atom. The number of hydrogen-bond acceptors (Lipinski definition) is 4. The number of phenolic OH excluding ortho intramolecular Hbond substituents is 1. The Bertz CT molecular complexity index is 495. The Morgan fingerprint density at radius 1 is 1.35 bits per heavy atom. The Morgan fingerprint density at radius 2 is 1.95 bits per heavy atom. The van der Waals surface area contributed by atoms with Crippen molar-refractivity contribution >= 4 is 5.97 Å². The topological polar surface area (TPSA) is 55.8 Å². The summed E-state index contributed by atoms with van der Waals surface area (Å²) in [7, 11) is 1.16. The Kier molecular flexibility index (Phi) is 4.86. The van der Waals surface area contributed by atoms with Crippen LogP contribution in [0.5, 0.6) is 11.5 Å². The highest BCUT2D eigenvalue weighted by molar-refractivity contribution is 5.94. The van der Waals surface area contributed by atoms with E-state index in [1.807, 2.05) is 0 Å². The van der Waals surface area contributed by atoms with Crippen molar-refractivity contribution < 1.29 is 32.5 Å². The van der Waals surface area contributed by atoms with E-state index >= 15 is 0 Å². The lowest BCUT2D eigenvalue weighted by atomic mass is 10.1. The molecule has 0 amide bonds. The molecule has 0 aromatic heterocycles. The molecule has 0 bridgehead atoms. The molecule has 7 heteroatoms. The molecule has 0 aliphatic heterocycles. The van der Waals surface area contributed by atoms with Crippen LogP contribution in [0.2, 0.25) is 0 Å². The molecule has 4 nitrogen and oxygen atoms in total. The lowest BCUT2D eigenvalue weighted by molar-refractivity contribution is -0.138. The summed E-state index contributed by atoms with van der Waals surface area (Å²) in [6, 6.07) is 1.58. The van der Waals surface area contributed by atoms with Gasteiger partial charge in [-0.2, -0.15) is 13.2 Å². The van der Waals surface area contributed by atoms with Gasteiger partial charge in [-0.1, -0.05) is 13.8 Å². The first kappa shape index (κ1) is 16.1. The predicted octanol–water partition coefficient (Wildman–Crippen LogP) is 3.23. The maximum Gasteiger partial charge on any atom is 0.417 e. The average Bonchev–Trinajstić information content (AvgIpc) is 2.33. The first-order valence-corrected chi connectivity index (χ1v) is 5.82. The Labute approximate surface area is 114 Å². The van der Waals surface area contributed by atoms with Gasteiger partial charge in [0.25, 0.3) is 0 Å². The van der Waals surface area contributed by atoms with Gasteiger partial charge in [0.1, 0.15) is 17.1 Å². The number of phenols is 1. The number of rotatable bonds is 4. The normalized spacial score (nSPS) is 11.6. The summed E-state index contributed by atoms with van der Waals surface area (Å²) < 4.78 is 48.2. The van der Waals surface area contributed by atoms with Crippen LogP contribution >= 0.6 is 0 Å². The van der Waals surface area contributed by atoms with Crippen molar-refractivity contribution in [3.8, 4) is 11.5 Å². The molecule has 0 saturated heterocycles. The highest BCUT2D eigenvalue weighted by Crippen LogP contribution is 2.39. The fourth-order valence-corrected chi connectivity index (χ4v) is 1.47. The van der Waals surface area contributed by atoms with Crippen LogP contribution < -0.4 is 4.74 Å². The van der Waals surface area contributed by atoms with E-state index in [9.17, 15) is 23.1 Å². The van der Waals surface area contributed by atoms with Crippen molar-refractivity contribution in [1.82, 2.24) is 0 Å². The van der Waals surface area contributed by atoms with E-state index in [4.69, 9.17) is 4.74 Å². The zero-order valence-corrected chi connectivity index (χ0v) is 11.2. The van der Waals surface area contributed by atoms with Crippen LogP contribution in [0.1, 0.15) is 29.8 Å². The fourth-order valence-electron chi connectivity index (χ4n) is 1.47. The second kappa shape index (κ2) is 6.02. The third-order valence-corrected chi connectivity index (χ3v) is 2.38. The van der Waals surface area contributed by atoms with E-state index in [-0.39, 0.29) is 18.3 Å². The van der Waals surface area contributed by atoms with Crippen molar-refractivity contribution in [2.45, 2.75) is 20.0 Å². The van der Waals surface area contributed by atoms with Gasteiger partial charge < -0.3 is 14.6 Å². The van der Waals surface area contributed by atoms with Gasteiger partial charge in [-0.15, -0.1) is 0 Å². The fraction of sp³-hybridized carbons (Fsp3) is 0.462. The van der Waals surface area contributed by atoms with Gasteiger partial charge in [0, 0.05) is 6.07 Å². The Balaban J connectivity index is 3.26. The highest BCUT2D eigenvalue weighted by Gasteiger charge is 2.38. The number of benzene rings is 1. The number of aromatic hydroxyl groups is 1. The summed E-state index contributed by atoms with van der Waals surface area (Å²) in [5.74, 6) is -2.28. The molecule has 0 fully saturated rings. The molecule has 0 aliphatic carbocycles. The van der Waals surface area contributed by atoms with E-state index in [0.717, 1.165) is 13.2 Å². The molecule has 20 heavy (non-hydrogen) atoms. The molecule has 112 valence electrons. The molecule has 1 aromatic carbocycles. The minimum atomic E-state index is -4.81. The number of alkyl halides is 3.